The van der Waals surface area contributed by atoms with Crippen molar-refractivity contribution in [3.8, 4) is 0 Å². The van der Waals surface area contributed by atoms with E-state index in [4.69, 9.17) is 4.74 Å². The largest absolute Gasteiger partial charge is 0.381 e. The van der Waals surface area contributed by atoms with Gasteiger partial charge in [-0.2, -0.15) is 0 Å². The molecule has 1 aliphatic carbocycles. The molecule has 0 aromatic carbocycles. The number of ether oxygens (including phenoxy) is 1. The van der Waals surface area contributed by atoms with Gasteiger partial charge < -0.3 is 15.0 Å². The molecule has 0 spiro atoms. The molecular weight excluding hydrogens is 212 g/mol. The van der Waals surface area contributed by atoms with Crippen LogP contribution in [0.4, 0.5) is 0 Å². The predicted octanol–water partition coefficient (Wildman–Crippen LogP) is 1.88. The highest BCUT2D eigenvalue weighted by Crippen LogP contribution is 2.33. The van der Waals surface area contributed by atoms with E-state index in [9.17, 15) is 0 Å². The predicted molar refractivity (Wildman–Crippen MR) is 71.3 cm³/mol. The van der Waals surface area contributed by atoms with Gasteiger partial charge in [-0.05, 0) is 45.7 Å². The quantitative estimate of drug-likeness (QED) is 0.688. The molecule has 100 valence electrons. The standard InChI is InChI=1S/C14H28N2O/c1-3-8-15-10-14(7-4-9-17-12-14)11-16(2)13-5-6-13/h13,15H,3-12H2,1-2H3. The molecule has 2 aliphatic rings. The van der Waals surface area contributed by atoms with Crippen molar-refractivity contribution in [2.75, 3.05) is 39.9 Å². The van der Waals surface area contributed by atoms with Gasteiger partial charge in [0.2, 0.25) is 0 Å². The minimum atomic E-state index is 0.366. The van der Waals surface area contributed by atoms with E-state index in [1.54, 1.807) is 0 Å². The van der Waals surface area contributed by atoms with Crippen LogP contribution in [0.3, 0.4) is 0 Å². The van der Waals surface area contributed by atoms with Crippen LogP contribution in [0.25, 0.3) is 0 Å². The Balaban J connectivity index is 1.85. The van der Waals surface area contributed by atoms with E-state index < -0.39 is 0 Å². The van der Waals surface area contributed by atoms with Crippen LogP contribution in [0, 0.1) is 5.41 Å². The SMILES string of the molecule is CCCNCC1(CN(C)C2CC2)CCCOC1. The first-order valence-corrected chi connectivity index (χ1v) is 7.24. The first kappa shape index (κ1) is 13.3. The van der Waals surface area contributed by atoms with Crippen LogP contribution in [0.1, 0.15) is 39.0 Å². The smallest absolute Gasteiger partial charge is 0.0546 e. The third kappa shape index (κ3) is 3.94. The lowest BCUT2D eigenvalue weighted by molar-refractivity contribution is -0.0236. The van der Waals surface area contributed by atoms with Gasteiger partial charge in [0.25, 0.3) is 0 Å². The Morgan fingerprint density at radius 3 is 2.82 bits per heavy atom. The summed E-state index contributed by atoms with van der Waals surface area (Å²) in [6, 6.07) is 0.861. The number of nitrogens with one attached hydrogen (secondary N) is 1. The van der Waals surface area contributed by atoms with Crippen molar-refractivity contribution in [1.82, 2.24) is 10.2 Å². The molecule has 1 aliphatic heterocycles. The zero-order valence-corrected chi connectivity index (χ0v) is 11.5. The molecule has 1 heterocycles. The van der Waals surface area contributed by atoms with E-state index in [2.05, 4.69) is 24.2 Å². The Morgan fingerprint density at radius 2 is 2.24 bits per heavy atom. The summed E-state index contributed by atoms with van der Waals surface area (Å²) in [5.41, 5.74) is 0.366. The van der Waals surface area contributed by atoms with Gasteiger partial charge in [-0.1, -0.05) is 6.92 Å². The third-order valence-corrected chi connectivity index (χ3v) is 4.09. The zero-order valence-electron chi connectivity index (χ0n) is 11.5. The number of hydrogen-bond acceptors (Lipinski definition) is 3. The molecule has 0 aromatic heterocycles. The van der Waals surface area contributed by atoms with Gasteiger partial charge in [-0.15, -0.1) is 0 Å². The minimum absolute atomic E-state index is 0.366. The summed E-state index contributed by atoms with van der Waals surface area (Å²) in [7, 11) is 2.29. The van der Waals surface area contributed by atoms with E-state index in [-0.39, 0.29) is 0 Å². The molecule has 3 nitrogen and oxygen atoms in total. The van der Waals surface area contributed by atoms with Gasteiger partial charge in [0, 0.05) is 31.2 Å². The van der Waals surface area contributed by atoms with E-state index in [1.165, 1.54) is 38.6 Å². The van der Waals surface area contributed by atoms with Gasteiger partial charge in [0.15, 0.2) is 0 Å². The molecule has 3 heteroatoms. The first-order valence-electron chi connectivity index (χ1n) is 7.24. The summed E-state index contributed by atoms with van der Waals surface area (Å²) in [6.07, 6.45) is 6.56. The molecule has 1 atom stereocenters. The van der Waals surface area contributed by atoms with Gasteiger partial charge in [0.05, 0.1) is 6.61 Å². The fraction of sp³-hybridized carbons (Fsp3) is 1.00. The number of hydrogen-bond donors (Lipinski definition) is 1. The summed E-state index contributed by atoms with van der Waals surface area (Å²) < 4.78 is 5.75. The summed E-state index contributed by atoms with van der Waals surface area (Å²) >= 11 is 0. The lowest BCUT2D eigenvalue weighted by atomic mass is 9.81. The Kier molecular flexibility index (Phi) is 4.83. The average molecular weight is 240 g/mol. The Bertz CT molecular complexity index is 222. The summed E-state index contributed by atoms with van der Waals surface area (Å²) in [4.78, 5) is 2.56. The Labute approximate surface area is 106 Å². The van der Waals surface area contributed by atoms with Crippen molar-refractivity contribution in [2.45, 2.75) is 45.1 Å². The third-order valence-electron chi connectivity index (χ3n) is 4.09. The van der Waals surface area contributed by atoms with Crippen LogP contribution in [0.2, 0.25) is 0 Å². The molecule has 2 fully saturated rings. The monoisotopic (exact) mass is 240 g/mol. The maximum Gasteiger partial charge on any atom is 0.0546 e. The fourth-order valence-corrected chi connectivity index (χ4v) is 2.93. The second-order valence-corrected chi connectivity index (χ2v) is 5.98. The molecule has 0 aromatic rings. The second kappa shape index (κ2) is 6.17. The van der Waals surface area contributed by atoms with E-state index in [1.807, 2.05) is 0 Å². The molecule has 1 unspecified atom stereocenters. The van der Waals surface area contributed by atoms with Crippen molar-refractivity contribution in [2.24, 2.45) is 5.41 Å². The topological polar surface area (TPSA) is 24.5 Å². The van der Waals surface area contributed by atoms with Crippen LogP contribution in [-0.2, 0) is 4.74 Å². The zero-order chi connectivity index (χ0) is 12.1. The lowest BCUT2D eigenvalue weighted by Crippen LogP contribution is -2.48. The van der Waals surface area contributed by atoms with Crippen molar-refractivity contribution in [1.29, 1.82) is 0 Å². The molecule has 1 saturated carbocycles. The maximum absolute atomic E-state index is 5.75. The summed E-state index contributed by atoms with van der Waals surface area (Å²) in [5.74, 6) is 0. The highest BCUT2D eigenvalue weighted by molar-refractivity contribution is 4.91. The van der Waals surface area contributed by atoms with Crippen molar-refractivity contribution >= 4 is 0 Å². The van der Waals surface area contributed by atoms with Crippen LogP contribution in [0.15, 0.2) is 0 Å². The van der Waals surface area contributed by atoms with Crippen molar-refractivity contribution in [3.05, 3.63) is 0 Å². The van der Waals surface area contributed by atoms with Crippen LogP contribution in [0.5, 0.6) is 0 Å². The number of rotatable bonds is 7. The van der Waals surface area contributed by atoms with Gasteiger partial charge in [0.1, 0.15) is 0 Å². The van der Waals surface area contributed by atoms with Crippen molar-refractivity contribution in [3.63, 3.8) is 0 Å². The second-order valence-electron chi connectivity index (χ2n) is 5.98. The maximum atomic E-state index is 5.75. The molecule has 0 radical (unpaired) electrons. The molecular formula is C14H28N2O. The number of nitrogens with zero attached hydrogens (tertiary/aromatic N) is 1. The average Bonchev–Trinajstić information content (AvgIpc) is 3.14. The van der Waals surface area contributed by atoms with Crippen molar-refractivity contribution < 1.29 is 4.74 Å². The van der Waals surface area contributed by atoms with Crippen LogP contribution in [-0.4, -0.2) is 50.8 Å². The Morgan fingerprint density at radius 1 is 1.41 bits per heavy atom. The molecule has 0 bridgehead atoms. The lowest BCUT2D eigenvalue weighted by Gasteiger charge is -2.40. The Hall–Kier alpha value is -0.120. The summed E-state index contributed by atoms with van der Waals surface area (Å²) in [6.45, 7) is 7.60. The molecule has 1 saturated heterocycles. The van der Waals surface area contributed by atoms with Crippen LogP contribution >= 0.6 is 0 Å². The van der Waals surface area contributed by atoms with Crippen LogP contribution < -0.4 is 5.32 Å². The molecule has 0 amide bonds. The molecule has 2 rings (SSSR count). The normalized spacial score (nSPS) is 29.8. The highest BCUT2D eigenvalue weighted by Gasteiger charge is 2.37. The van der Waals surface area contributed by atoms with E-state index >= 15 is 0 Å². The highest BCUT2D eigenvalue weighted by atomic mass is 16.5. The van der Waals surface area contributed by atoms with Gasteiger partial charge >= 0.3 is 0 Å². The minimum Gasteiger partial charge on any atom is -0.381 e. The molecule has 1 N–H and O–H groups in total. The first-order chi connectivity index (χ1) is 8.26. The van der Waals surface area contributed by atoms with E-state index in [0.29, 0.717) is 5.41 Å². The van der Waals surface area contributed by atoms with E-state index in [0.717, 1.165) is 32.3 Å². The fourth-order valence-electron chi connectivity index (χ4n) is 2.93. The molecule has 17 heavy (non-hydrogen) atoms. The van der Waals surface area contributed by atoms with Gasteiger partial charge in [-0.3, -0.25) is 0 Å². The summed E-state index contributed by atoms with van der Waals surface area (Å²) in [5, 5.41) is 3.60. The van der Waals surface area contributed by atoms with Gasteiger partial charge in [-0.25, -0.2) is 0 Å².